The van der Waals surface area contributed by atoms with Gasteiger partial charge in [0.05, 0.1) is 12.0 Å². The van der Waals surface area contributed by atoms with Crippen molar-refractivity contribution in [3.63, 3.8) is 0 Å². The summed E-state index contributed by atoms with van der Waals surface area (Å²) in [5.74, 6) is 2.73. The molecule has 1 rings (SSSR count). The number of rotatable bonds is 4. The van der Waals surface area contributed by atoms with Gasteiger partial charge in [0.15, 0.2) is 5.75 Å². The first-order valence-electron chi connectivity index (χ1n) is 4.44. The van der Waals surface area contributed by atoms with E-state index in [-0.39, 0.29) is 11.4 Å². The molecule has 0 saturated carbocycles. The molecule has 1 aromatic rings. The summed E-state index contributed by atoms with van der Waals surface area (Å²) in [6, 6.07) is 4.98. The smallest absolute Gasteiger partial charge is 0.314 e. The van der Waals surface area contributed by atoms with Crippen LogP contribution in [0.15, 0.2) is 18.2 Å². The van der Waals surface area contributed by atoms with Gasteiger partial charge >= 0.3 is 5.69 Å². The summed E-state index contributed by atoms with van der Waals surface area (Å²) in [5.41, 5.74) is 0.618. The van der Waals surface area contributed by atoms with Gasteiger partial charge in [-0.15, -0.1) is 12.3 Å². The number of hydrogen-bond donors (Lipinski definition) is 0. The fourth-order valence-corrected chi connectivity index (χ4v) is 1.35. The Balaban J connectivity index is 3.14. The Kier molecular flexibility index (Phi) is 3.69. The van der Waals surface area contributed by atoms with Gasteiger partial charge in [0.25, 0.3) is 0 Å². The molecule has 0 saturated heterocycles. The third-order valence-electron chi connectivity index (χ3n) is 2.02. The highest BCUT2D eigenvalue weighted by Crippen LogP contribution is 2.31. The summed E-state index contributed by atoms with van der Waals surface area (Å²) in [6.45, 7) is 0. The predicted octanol–water partition coefficient (Wildman–Crippen LogP) is 2.17. The highest BCUT2D eigenvalue weighted by Gasteiger charge is 2.19. The number of nitrogens with zero attached hydrogens (tertiary/aromatic N) is 1. The lowest BCUT2D eigenvalue weighted by atomic mass is 10.1. The largest absolute Gasteiger partial charge is 0.490 e. The van der Waals surface area contributed by atoms with Crippen LogP contribution in [0.3, 0.4) is 0 Å². The molecular weight excluding hydrogens is 194 g/mol. The molecule has 1 aromatic carbocycles. The average molecular weight is 205 g/mol. The van der Waals surface area contributed by atoms with Crippen molar-refractivity contribution in [3.05, 3.63) is 33.9 Å². The summed E-state index contributed by atoms with van der Waals surface area (Å²) in [5, 5.41) is 10.8. The summed E-state index contributed by atoms with van der Waals surface area (Å²) in [4.78, 5) is 10.4. The van der Waals surface area contributed by atoms with Crippen molar-refractivity contribution in [2.45, 2.75) is 12.8 Å². The third kappa shape index (κ3) is 2.47. The van der Waals surface area contributed by atoms with E-state index in [4.69, 9.17) is 11.2 Å². The number of hydrogen-bond acceptors (Lipinski definition) is 3. The van der Waals surface area contributed by atoms with Crippen molar-refractivity contribution in [1.29, 1.82) is 0 Å². The molecule has 0 aromatic heterocycles. The standard InChI is InChI=1S/C11H11NO3/c1-3-4-6-9-7-5-8-10(15-2)11(9)12(13)14/h1,5,7-8H,4,6H2,2H3. The molecule has 0 unspecified atom stereocenters. The van der Waals surface area contributed by atoms with Crippen LogP contribution in [0.1, 0.15) is 12.0 Å². The van der Waals surface area contributed by atoms with Crippen molar-refractivity contribution in [2.24, 2.45) is 0 Å². The molecule has 4 nitrogen and oxygen atoms in total. The molecule has 0 fully saturated rings. The van der Waals surface area contributed by atoms with E-state index < -0.39 is 4.92 Å². The second kappa shape index (κ2) is 5.01. The molecule has 0 aliphatic heterocycles. The van der Waals surface area contributed by atoms with Gasteiger partial charge < -0.3 is 4.74 Å². The summed E-state index contributed by atoms with van der Waals surface area (Å²) < 4.78 is 4.93. The maximum atomic E-state index is 10.8. The topological polar surface area (TPSA) is 52.4 Å². The van der Waals surface area contributed by atoms with Crippen LogP contribution in [-0.2, 0) is 6.42 Å². The van der Waals surface area contributed by atoms with E-state index in [0.29, 0.717) is 18.4 Å². The highest BCUT2D eigenvalue weighted by molar-refractivity contribution is 5.52. The van der Waals surface area contributed by atoms with Gasteiger partial charge in [-0.2, -0.15) is 0 Å². The van der Waals surface area contributed by atoms with Crippen LogP contribution in [0.5, 0.6) is 5.75 Å². The van der Waals surface area contributed by atoms with Crippen LogP contribution in [0.25, 0.3) is 0 Å². The minimum absolute atomic E-state index is 0.00949. The lowest BCUT2D eigenvalue weighted by Gasteiger charge is -2.05. The van der Waals surface area contributed by atoms with Crippen molar-refractivity contribution in [3.8, 4) is 18.1 Å². The molecule has 0 N–H and O–H groups in total. The quantitative estimate of drug-likeness (QED) is 0.430. The Morgan fingerprint density at radius 1 is 1.60 bits per heavy atom. The Morgan fingerprint density at radius 2 is 2.33 bits per heavy atom. The Hall–Kier alpha value is -2.02. The summed E-state index contributed by atoms with van der Waals surface area (Å²) >= 11 is 0. The molecule has 0 aliphatic rings. The van der Waals surface area contributed by atoms with E-state index in [1.165, 1.54) is 7.11 Å². The normalized spacial score (nSPS) is 9.33. The van der Waals surface area contributed by atoms with Crippen molar-refractivity contribution >= 4 is 5.69 Å². The van der Waals surface area contributed by atoms with E-state index in [1.807, 2.05) is 0 Å². The van der Waals surface area contributed by atoms with E-state index in [9.17, 15) is 10.1 Å². The molecule has 0 heterocycles. The molecule has 0 amide bonds. The van der Waals surface area contributed by atoms with E-state index in [1.54, 1.807) is 18.2 Å². The molecule has 78 valence electrons. The molecule has 0 radical (unpaired) electrons. The molecule has 15 heavy (non-hydrogen) atoms. The van der Waals surface area contributed by atoms with Crippen LogP contribution in [0.4, 0.5) is 5.69 Å². The van der Waals surface area contributed by atoms with Gasteiger partial charge in [-0.25, -0.2) is 0 Å². The first kappa shape index (κ1) is 11.1. The van der Waals surface area contributed by atoms with Gasteiger partial charge in [0, 0.05) is 12.0 Å². The number of terminal acetylenes is 1. The van der Waals surface area contributed by atoms with Crippen LogP contribution < -0.4 is 4.74 Å². The molecule has 0 bridgehead atoms. The summed E-state index contributed by atoms with van der Waals surface area (Å²) in [7, 11) is 1.41. The highest BCUT2D eigenvalue weighted by atomic mass is 16.6. The number of nitro benzene ring substituents is 1. The van der Waals surface area contributed by atoms with Crippen LogP contribution in [-0.4, -0.2) is 12.0 Å². The van der Waals surface area contributed by atoms with Crippen LogP contribution in [0, 0.1) is 22.5 Å². The van der Waals surface area contributed by atoms with Crippen molar-refractivity contribution < 1.29 is 9.66 Å². The Labute approximate surface area is 88.0 Å². The lowest BCUT2D eigenvalue weighted by molar-refractivity contribution is -0.386. The monoisotopic (exact) mass is 205 g/mol. The minimum Gasteiger partial charge on any atom is -0.490 e. The Bertz CT molecular complexity index is 407. The fraction of sp³-hybridized carbons (Fsp3) is 0.273. The van der Waals surface area contributed by atoms with Crippen molar-refractivity contribution in [2.75, 3.05) is 7.11 Å². The zero-order valence-electron chi connectivity index (χ0n) is 8.40. The molecule has 4 heteroatoms. The van der Waals surface area contributed by atoms with Crippen LogP contribution >= 0.6 is 0 Å². The molecule has 0 atom stereocenters. The maximum Gasteiger partial charge on any atom is 0.314 e. The Morgan fingerprint density at radius 3 is 2.87 bits per heavy atom. The second-order valence-corrected chi connectivity index (χ2v) is 2.93. The average Bonchev–Trinajstić information content (AvgIpc) is 2.25. The fourth-order valence-electron chi connectivity index (χ4n) is 1.35. The number of methoxy groups -OCH3 is 1. The molecule has 0 aliphatic carbocycles. The van der Waals surface area contributed by atoms with E-state index in [0.717, 1.165) is 0 Å². The van der Waals surface area contributed by atoms with E-state index in [2.05, 4.69) is 5.92 Å². The number of benzene rings is 1. The minimum atomic E-state index is -0.440. The number of nitro groups is 1. The maximum absolute atomic E-state index is 10.8. The lowest BCUT2D eigenvalue weighted by Crippen LogP contribution is -1.98. The first-order valence-corrected chi connectivity index (χ1v) is 4.44. The second-order valence-electron chi connectivity index (χ2n) is 2.93. The van der Waals surface area contributed by atoms with Crippen molar-refractivity contribution in [1.82, 2.24) is 0 Å². The SMILES string of the molecule is C#CCCc1cccc(OC)c1[N+](=O)[O-]. The number of para-hydroxylation sites is 1. The van der Waals surface area contributed by atoms with E-state index >= 15 is 0 Å². The predicted molar refractivity (Wildman–Crippen MR) is 56.8 cm³/mol. The zero-order chi connectivity index (χ0) is 11.3. The van der Waals surface area contributed by atoms with Gasteiger partial charge in [0.1, 0.15) is 0 Å². The molecule has 0 spiro atoms. The number of ether oxygens (including phenoxy) is 1. The third-order valence-corrected chi connectivity index (χ3v) is 2.02. The molecular formula is C11H11NO3. The van der Waals surface area contributed by atoms with Gasteiger partial charge in [-0.3, -0.25) is 10.1 Å². The van der Waals surface area contributed by atoms with Gasteiger partial charge in [-0.05, 0) is 12.5 Å². The van der Waals surface area contributed by atoms with Gasteiger partial charge in [0.2, 0.25) is 0 Å². The van der Waals surface area contributed by atoms with Crippen LogP contribution in [0.2, 0.25) is 0 Å². The first-order chi connectivity index (χ1) is 7.20. The number of aryl methyl sites for hydroxylation is 1. The summed E-state index contributed by atoms with van der Waals surface area (Å²) in [6.07, 6.45) is 6.09. The van der Waals surface area contributed by atoms with Gasteiger partial charge in [-0.1, -0.05) is 12.1 Å². The zero-order valence-corrected chi connectivity index (χ0v) is 8.40.